The number of hydrogen-bond acceptors (Lipinski definition) is 4. The molecule has 0 saturated carbocycles. The summed E-state index contributed by atoms with van der Waals surface area (Å²) < 4.78 is 24.6. The van der Waals surface area contributed by atoms with Gasteiger partial charge in [-0.3, -0.25) is 4.79 Å². The highest BCUT2D eigenvalue weighted by atomic mass is 35.5. The molecule has 16 heavy (non-hydrogen) atoms. The van der Waals surface area contributed by atoms with E-state index in [1.54, 1.807) is 0 Å². The fourth-order valence-electron chi connectivity index (χ4n) is 1.70. The molecule has 1 fully saturated rings. The summed E-state index contributed by atoms with van der Waals surface area (Å²) in [6, 6.07) is -0.935. The Kier molecular flexibility index (Phi) is 4.54. The maximum absolute atomic E-state index is 11.8. The van der Waals surface area contributed by atoms with Crippen molar-refractivity contribution in [2.24, 2.45) is 5.73 Å². The second kappa shape index (κ2) is 5.31. The van der Waals surface area contributed by atoms with Crippen molar-refractivity contribution in [2.75, 3.05) is 18.2 Å². The largest absolute Gasteiger partial charge is 0.392 e. The Morgan fingerprint density at radius 1 is 1.56 bits per heavy atom. The van der Waals surface area contributed by atoms with Gasteiger partial charge in [0.2, 0.25) is 15.9 Å². The molecule has 0 aromatic rings. The zero-order chi connectivity index (χ0) is 12.3. The quantitative estimate of drug-likeness (QED) is 0.617. The third-order valence-corrected chi connectivity index (χ3v) is 4.65. The lowest BCUT2D eigenvalue weighted by Gasteiger charge is -2.20. The van der Waals surface area contributed by atoms with E-state index >= 15 is 0 Å². The van der Waals surface area contributed by atoms with E-state index in [2.05, 4.69) is 0 Å². The van der Waals surface area contributed by atoms with Crippen LogP contribution in [0.2, 0.25) is 0 Å². The third-order valence-electron chi connectivity index (χ3n) is 2.46. The molecule has 1 amide bonds. The number of rotatable bonds is 5. The number of amides is 1. The van der Waals surface area contributed by atoms with Crippen molar-refractivity contribution in [2.45, 2.75) is 25.0 Å². The molecule has 2 unspecified atom stereocenters. The molecule has 0 bridgehead atoms. The van der Waals surface area contributed by atoms with E-state index in [1.807, 2.05) is 0 Å². The highest BCUT2D eigenvalue weighted by molar-refractivity contribution is 7.89. The van der Waals surface area contributed by atoms with Gasteiger partial charge in [-0.05, 0) is 6.42 Å². The predicted octanol–water partition coefficient (Wildman–Crippen LogP) is -1.13. The maximum Gasteiger partial charge on any atom is 0.235 e. The van der Waals surface area contributed by atoms with Crippen molar-refractivity contribution in [3.63, 3.8) is 0 Å². The summed E-state index contributed by atoms with van der Waals surface area (Å²) in [5.74, 6) is -0.630. The van der Waals surface area contributed by atoms with Crippen LogP contribution in [0.5, 0.6) is 0 Å². The Hall–Kier alpha value is -0.370. The number of carbonyl (C=O) groups is 1. The minimum absolute atomic E-state index is 0.0649. The van der Waals surface area contributed by atoms with Crippen LogP contribution in [-0.4, -0.2) is 54.1 Å². The van der Waals surface area contributed by atoms with Gasteiger partial charge in [-0.25, -0.2) is 8.42 Å². The van der Waals surface area contributed by atoms with Crippen molar-refractivity contribution >= 4 is 27.5 Å². The lowest BCUT2D eigenvalue weighted by atomic mass is 10.2. The van der Waals surface area contributed by atoms with E-state index in [0.717, 1.165) is 4.31 Å². The first-order valence-electron chi connectivity index (χ1n) is 4.91. The Labute approximate surface area is 99.4 Å². The Morgan fingerprint density at radius 2 is 2.19 bits per heavy atom. The SMILES string of the molecule is NC(=O)C1CC(O)CN1S(=O)(=O)CCCCl. The highest BCUT2D eigenvalue weighted by Crippen LogP contribution is 2.22. The summed E-state index contributed by atoms with van der Waals surface area (Å²) in [7, 11) is -3.56. The van der Waals surface area contributed by atoms with Crippen molar-refractivity contribution in [1.82, 2.24) is 4.31 Å². The minimum atomic E-state index is -3.56. The molecule has 0 aliphatic carbocycles. The normalized spacial score (nSPS) is 27.1. The number of halogens is 1. The summed E-state index contributed by atoms with van der Waals surface area (Å²) in [6.07, 6.45) is -0.458. The van der Waals surface area contributed by atoms with Crippen LogP contribution < -0.4 is 5.73 Å². The van der Waals surface area contributed by atoms with Crippen LogP contribution in [0.3, 0.4) is 0 Å². The van der Waals surface area contributed by atoms with Crippen LogP contribution in [0, 0.1) is 0 Å². The third kappa shape index (κ3) is 3.07. The van der Waals surface area contributed by atoms with Crippen molar-refractivity contribution in [3.8, 4) is 0 Å². The zero-order valence-corrected chi connectivity index (χ0v) is 10.2. The number of sulfonamides is 1. The van der Waals surface area contributed by atoms with Crippen LogP contribution in [0.4, 0.5) is 0 Å². The fraction of sp³-hybridized carbons (Fsp3) is 0.875. The summed E-state index contributed by atoms with van der Waals surface area (Å²) in [6.45, 7) is -0.0712. The molecule has 1 saturated heterocycles. The fourth-order valence-corrected chi connectivity index (χ4v) is 3.72. The Morgan fingerprint density at radius 3 is 2.69 bits per heavy atom. The Bertz CT molecular complexity index is 359. The van der Waals surface area contributed by atoms with Crippen LogP contribution in [0.15, 0.2) is 0 Å². The monoisotopic (exact) mass is 270 g/mol. The predicted molar refractivity (Wildman–Crippen MR) is 59.4 cm³/mol. The number of primary amides is 1. The molecule has 0 aromatic carbocycles. The van der Waals surface area contributed by atoms with Gasteiger partial charge >= 0.3 is 0 Å². The van der Waals surface area contributed by atoms with E-state index < -0.39 is 28.1 Å². The number of alkyl halides is 1. The van der Waals surface area contributed by atoms with Gasteiger partial charge < -0.3 is 10.8 Å². The summed E-state index contributed by atoms with van der Waals surface area (Å²) in [4.78, 5) is 11.1. The summed E-state index contributed by atoms with van der Waals surface area (Å²) >= 11 is 5.42. The van der Waals surface area contributed by atoms with Crippen molar-refractivity contribution < 1.29 is 18.3 Å². The molecule has 1 rings (SSSR count). The van der Waals surface area contributed by atoms with Crippen LogP contribution in [-0.2, 0) is 14.8 Å². The van der Waals surface area contributed by atoms with Crippen molar-refractivity contribution in [3.05, 3.63) is 0 Å². The number of carbonyl (C=O) groups excluding carboxylic acids is 1. The molecule has 0 radical (unpaired) electrons. The molecular formula is C8H15ClN2O4S. The topological polar surface area (TPSA) is 101 Å². The van der Waals surface area contributed by atoms with Gasteiger partial charge in [0.05, 0.1) is 11.9 Å². The number of hydrogen-bond donors (Lipinski definition) is 2. The molecule has 1 aliphatic heterocycles. The number of aliphatic hydroxyl groups is 1. The van der Waals surface area contributed by atoms with Gasteiger partial charge in [0.15, 0.2) is 0 Å². The molecule has 2 atom stereocenters. The summed E-state index contributed by atoms with van der Waals surface area (Å²) in [5, 5.41) is 9.37. The van der Waals surface area contributed by atoms with E-state index in [1.165, 1.54) is 0 Å². The van der Waals surface area contributed by atoms with Gasteiger partial charge in [-0.2, -0.15) is 4.31 Å². The number of β-amino-alcohol motifs (C(OH)–C–C–N with tert-alkyl or cyclic N) is 1. The minimum Gasteiger partial charge on any atom is -0.392 e. The van der Waals surface area contributed by atoms with Crippen LogP contribution >= 0.6 is 11.6 Å². The van der Waals surface area contributed by atoms with E-state index in [4.69, 9.17) is 17.3 Å². The van der Waals surface area contributed by atoms with E-state index in [-0.39, 0.29) is 24.6 Å². The van der Waals surface area contributed by atoms with Crippen molar-refractivity contribution in [1.29, 1.82) is 0 Å². The second-order valence-corrected chi connectivity index (χ2v) is 6.15. The zero-order valence-electron chi connectivity index (χ0n) is 8.67. The number of aliphatic hydroxyl groups excluding tert-OH is 1. The van der Waals surface area contributed by atoms with Crippen LogP contribution in [0.25, 0.3) is 0 Å². The van der Waals surface area contributed by atoms with Gasteiger partial charge in [0, 0.05) is 18.8 Å². The molecule has 3 N–H and O–H groups in total. The molecule has 8 heteroatoms. The number of nitrogens with zero attached hydrogens (tertiary/aromatic N) is 1. The molecule has 0 aromatic heterocycles. The molecule has 1 heterocycles. The maximum atomic E-state index is 11.8. The van der Waals surface area contributed by atoms with Gasteiger partial charge in [-0.15, -0.1) is 11.6 Å². The standard InChI is InChI=1S/C8H15ClN2O4S/c9-2-1-3-16(14,15)11-5-6(12)4-7(11)8(10)13/h6-7,12H,1-5H2,(H2,10,13). The smallest absolute Gasteiger partial charge is 0.235 e. The lowest BCUT2D eigenvalue weighted by Crippen LogP contribution is -2.44. The molecule has 6 nitrogen and oxygen atoms in total. The molecular weight excluding hydrogens is 256 g/mol. The first-order valence-corrected chi connectivity index (χ1v) is 7.05. The first-order chi connectivity index (χ1) is 7.38. The number of nitrogens with two attached hydrogens (primary N) is 1. The second-order valence-electron chi connectivity index (χ2n) is 3.74. The average molecular weight is 271 g/mol. The Balaban J connectivity index is 2.81. The lowest BCUT2D eigenvalue weighted by molar-refractivity contribution is -0.121. The molecule has 1 aliphatic rings. The molecule has 94 valence electrons. The van der Waals surface area contributed by atoms with Gasteiger partial charge in [-0.1, -0.05) is 0 Å². The first kappa shape index (κ1) is 13.7. The van der Waals surface area contributed by atoms with Gasteiger partial charge in [0.25, 0.3) is 0 Å². The molecule has 0 spiro atoms. The highest BCUT2D eigenvalue weighted by Gasteiger charge is 2.41. The average Bonchev–Trinajstić information content (AvgIpc) is 2.58. The van der Waals surface area contributed by atoms with E-state index in [0.29, 0.717) is 6.42 Å². The van der Waals surface area contributed by atoms with Crippen LogP contribution in [0.1, 0.15) is 12.8 Å². The van der Waals surface area contributed by atoms with E-state index in [9.17, 15) is 18.3 Å². The van der Waals surface area contributed by atoms with Gasteiger partial charge in [0.1, 0.15) is 6.04 Å². The summed E-state index contributed by atoms with van der Waals surface area (Å²) in [5.41, 5.74) is 5.09.